The number of hydrogen-bond acceptors (Lipinski definition) is 2. The quantitative estimate of drug-likeness (QED) is 0.737. The summed E-state index contributed by atoms with van der Waals surface area (Å²) >= 11 is 0. The summed E-state index contributed by atoms with van der Waals surface area (Å²) in [6.45, 7) is 3.44. The summed E-state index contributed by atoms with van der Waals surface area (Å²) in [5, 5.41) is 9.04. The summed E-state index contributed by atoms with van der Waals surface area (Å²) in [5.74, 6) is 1.58. The molecule has 1 aromatic heterocycles. The van der Waals surface area contributed by atoms with E-state index in [-0.39, 0.29) is 0 Å². The Kier molecular flexibility index (Phi) is 2.36. The molecule has 0 radical (unpaired) electrons. The molecule has 0 saturated carbocycles. The Hall–Kier alpha value is -0.830. The second-order valence-electron chi connectivity index (χ2n) is 3.74. The number of nitrogens with zero attached hydrogens (tertiary/aromatic N) is 2. The molecule has 1 unspecified atom stereocenters. The van der Waals surface area contributed by atoms with Crippen LogP contribution in [-0.4, -0.2) is 21.3 Å². The van der Waals surface area contributed by atoms with Gasteiger partial charge in [0, 0.05) is 25.8 Å². The third kappa shape index (κ3) is 1.61. The van der Waals surface area contributed by atoms with Crippen LogP contribution < -0.4 is 0 Å². The lowest BCUT2D eigenvalue weighted by Crippen LogP contribution is -2.21. The van der Waals surface area contributed by atoms with Gasteiger partial charge in [0.15, 0.2) is 0 Å². The first-order valence-corrected chi connectivity index (χ1v) is 4.99. The van der Waals surface area contributed by atoms with Crippen LogP contribution in [0.3, 0.4) is 0 Å². The molecule has 1 aliphatic rings. The van der Waals surface area contributed by atoms with Gasteiger partial charge in [-0.1, -0.05) is 6.92 Å². The predicted molar refractivity (Wildman–Crippen MR) is 50.5 cm³/mol. The molecule has 3 nitrogen and oxygen atoms in total. The molecule has 0 bridgehead atoms. The molecule has 1 atom stereocenters. The van der Waals surface area contributed by atoms with E-state index in [4.69, 9.17) is 5.11 Å². The van der Waals surface area contributed by atoms with E-state index in [2.05, 4.69) is 22.7 Å². The van der Waals surface area contributed by atoms with Crippen molar-refractivity contribution in [1.29, 1.82) is 0 Å². The fourth-order valence-corrected chi connectivity index (χ4v) is 1.88. The van der Waals surface area contributed by atoms with Gasteiger partial charge in [-0.2, -0.15) is 0 Å². The molecule has 13 heavy (non-hydrogen) atoms. The standard InChI is InChI=1S/C10H16N2O/c1-2-9-6-12-4-3-8(7-13)5-10(12)11-9/h6,8,13H,2-5,7H2,1H3. The van der Waals surface area contributed by atoms with Crippen molar-refractivity contribution >= 4 is 0 Å². The Morgan fingerprint density at radius 2 is 2.54 bits per heavy atom. The van der Waals surface area contributed by atoms with E-state index in [9.17, 15) is 0 Å². The Morgan fingerprint density at radius 3 is 3.23 bits per heavy atom. The van der Waals surface area contributed by atoms with E-state index >= 15 is 0 Å². The Balaban J connectivity index is 2.19. The smallest absolute Gasteiger partial charge is 0.109 e. The van der Waals surface area contributed by atoms with Crippen LogP contribution in [0, 0.1) is 5.92 Å². The first-order valence-electron chi connectivity index (χ1n) is 4.99. The third-order valence-corrected chi connectivity index (χ3v) is 2.78. The summed E-state index contributed by atoms with van der Waals surface area (Å²) in [4.78, 5) is 4.52. The van der Waals surface area contributed by atoms with Gasteiger partial charge in [-0.15, -0.1) is 0 Å². The Morgan fingerprint density at radius 1 is 1.69 bits per heavy atom. The molecule has 0 aromatic carbocycles. The van der Waals surface area contributed by atoms with E-state index in [0.29, 0.717) is 12.5 Å². The molecular weight excluding hydrogens is 164 g/mol. The van der Waals surface area contributed by atoms with Gasteiger partial charge < -0.3 is 9.67 Å². The topological polar surface area (TPSA) is 38.0 Å². The highest BCUT2D eigenvalue weighted by atomic mass is 16.3. The molecule has 0 aliphatic carbocycles. The summed E-state index contributed by atoms with van der Waals surface area (Å²) in [6, 6.07) is 0. The van der Waals surface area contributed by atoms with Crippen LogP contribution in [0.15, 0.2) is 6.20 Å². The number of aromatic nitrogens is 2. The zero-order valence-corrected chi connectivity index (χ0v) is 8.03. The van der Waals surface area contributed by atoms with E-state index in [1.165, 1.54) is 5.69 Å². The third-order valence-electron chi connectivity index (χ3n) is 2.78. The number of imidazole rings is 1. The largest absolute Gasteiger partial charge is 0.396 e. The molecule has 1 aromatic rings. The predicted octanol–water partition coefficient (Wildman–Crippen LogP) is 1.00. The SMILES string of the molecule is CCc1cn2c(n1)CC(CO)CC2. The van der Waals surface area contributed by atoms with Gasteiger partial charge in [0.05, 0.1) is 5.69 Å². The van der Waals surface area contributed by atoms with Gasteiger partial charge in [0.2, 0.25) is 0 Å². The van der Waals surface area contributed by atoms with Gasteiger partial charge in [0.25, 0.3) is 0 Å². The number of aliphatic hydroxyl groups excluding tert-OH is 1. The van der Waals surface area contributed by atoms with Gasteiger partial charge in [-0.25, -0.2) is 4.98 Å². The van der Waals surface area contributed by atoms with Crippen LogP contribution in [0.25, 0.3) is 0 Å². The second kappa shape index (κ2) is 3.50. The van der Waals surface area contributed by atoms with Gasteiger partial charge in [0.1, 0.15) is 5.82 Å². The van der Waals surface area contributed by atoms with Crippen molar-refractivity contribution in [2.24, 2.45) is 5.92 Å². The minimum absolute atomic E-state index is 0.300. The van der Waals surface area contributed by atoms with Crippen molar-refractivity contribution in [2.45, 2.75) is 32.7 Å². The van der Waals surface area contributed by atoms with Crippen molar-refractivity contribution in [3.05, 3.63) is 17.7 Å². The van der Waals surface area contributed by atoms with Crippen LogP contribution in [-0.2, 0) is 19.4 Å². The molecule has 2 rings (SSSR count). The van der Waals surface area contributed by atoms with Gasteiger partial charge in [-0.3, -0.25) is 0 Å². The molecule has 0 saturated heterocycles. The normalized spacial score (nSPS) is 21.5. The molecule has 3 heteroatoms. The molecule has 0 fully saturated rings. The Bertz CT molecular complexity index is 293. The summed E-state index contributed by atoms with van der Waals surface area (Å²) < 4.78 is 2.23. The van der Waals surface area contributed by atoms with E-state index in [0.717, 1.165) is 31.6 Å². The highest BCUT2D eigenvalue weighted by Crippen LogP contribution is 2.19. The number of hydrogen-bond donors (Lipinski definition) is 1. The molecule has 72 valence electrons. The fraction of sp³-hybridized carbons (Fsp3) is 0.700. The van der Waals surface area contributed by atoms with Gasteiger partial charge in [-0.05, 0) is 18.8 Å². The van der Waals surface area contributed by atoms with Crippen LogP contribution in [0.4, 0.5) is 0 Å². The minimum Gasteiger partial charge on any atom is -0.396 e. The average molecular weight is 180 g/mol. The highest BCUT2D eigenvalue weighted by Gasteiger charge is 2.19. The lowest BCUT2D eigenvalue weighted by atomic mass is 9.99. The van der Waals surface area contributed by atoms with Crippen molar-refractivity contribution in [3.63, 3.8) is 0 Å². The molecule has 1 N–H and O–H groups in total. The van der Waals surface area contributed by atoms with E-state index in [1.54, 1.807) is 0 Å². The van der Waals surface area contributed by atoms with Gasteiger partial charge >= 0.3 is 0 Å². The molecule has 2 heterocycles. The summed E-state index contributed by atoms with van der Waals surface area (Å²) in [6.07, 6.45) is 5.17. The lowest BCUT2D eigenvalue weighted by molar-refractivity contribution is 0.199. The summed E-state index contributed by atoms with van der Waals surface area (Å²) in [5.41, 5.74) is 1.17. The number of fused-ring (bicyclic) bond motifs is 1. The molecular formula is C10H16N2O. The zero-order chi connectivity index (χ0) is 9.26. The zero-order valence-electron chi connectivity index (χ0n) is 8.03. The van der Waals surface area contributed by atoms with Crippen LogP contribution in [0.5, 0.6) is 0 Å². The molecule has 1 aliphatic heterocycles. The maximum absolute atomic E-state index is 9.04. The van der Waals surface area contributed by atoms with Crippen LogP contribution >= 0.6 is 0 Å². The first-order chi connectivity index (χ1) is 6.33. The Labute approximate surface area is 78.4 Å². The first kappa shape index (κ1) is 8.75. The maximum atomic E-state index is 9.04. The van der Waals surface area contributed by atoms with Crippen molar-refractivity contribution in [2.75, 3.05) is 6.61 Å². The van der Waals surface area contributed by atoms with Crippen molar-refractivity contribution in [1.82, 2.24) is 9.55 Å². The number of aliphatic hydroxyl groups is 1. The van der Waals surface area contributed by atoms with Crippen molar-refractivity contribution in [3.8, 4) is 0 Å². The second-order valence-corrected chi connectivity index (χ2v) is 3.74. The molecule has 0 amide bonds. The van der Waals surface area contributed by atoms with E-state index in [1.807, 2.05) is 0 Å². The minimum atomic E-state index is 0.300. The monoisotopic (exact) mass is 180 g/mol. The average Bonchev–Trinajstić information content (AvgIpc) is 2.58. The summed E-state index contributed by atoms with van der Waals surface area (Å²) in [7, 11) is 0. The highest BCUT2D eigenvalue weighted by molar-refractivity contribution is 5.06. The van der Waals surface area contributed by atoms with E-state index < -0.39 is 0 Å². The van der Waals surface area contributed by atoms with Crippen LogP contribution in [0.1, 0.15) is 24.9 Å². The molecule has 0 spiro atoms. The lowest BCUT2D eigenvalue weighted by Gasteiger charge is -2.20. The number of rotatable bonds is 2. The fourth-order valence-electron chi connectivity index (χ4n) is 1.88. The van der Waals surface area contributed by atoms with Crippen LogP contribution in [0.2, 0.25) is 0 Å². The maximum Gasteiger partial charge on any atom is 0.109 e. The van der Waals surface area contributed by atoms with Crippen molar-refractivity contribution < 1.29 is 5.11 Å². The number of aryl methyl sites for hydroxylation is 2.